The van der Waals surface area contributed by atoms with Crippen LogP contribution >= 0.6 is 23.2 Å². The smallest absolute Gasteiger partial charge is 0.408 e. The Kier molecular flexibility index (Phi) is 11.9. The summed E-state index contributed by atoms with van der Waals surface area (Å²) in [5, 5.41) is 27.4. The lowest BCUT2D eigenvalue weighted by atomic mass is 9.40. The van der Waals surface area contributed by atoms with Gasteiger partial charge in [0.25, 0.3) is 0 Å². The standard InChI is InChI=1S/C40H53Cl2NO12/c1-20-23(52-34(48)30(46)29(22-13-11-10-12-14-22)43-35(49)55-36(3,4)5)16-40(50)21(2)32-38(8)19-51-24(38)15-25(53-26(44)17-41)39(32,9)33(47)31(54-27(45)18-42)28(20)37(40,6)7/h10-14,21,23-25,29-32,46,50H,15-19H2,1-9H3,(H,43,49)/t21-,23-,24+,25-,29-,30+,31+,32?,38+,39+,40+/m0/s1. The van der Waals surface area contributed by atoms with Crippen molar-refractivity contribution in [3.63, 3.8) is 0 Å². The molecule has 1 aromatic carbocycles. The molecule has 304 valence electrons. The van der Waals surface area contributed by atoms with Gasteiger partial charge in [-0.25, -0.2) is 9.59 Å². The third-order valence-electron chi connectivity index (χ3n) is 12.6. The molecule has 4 aliphatic rings. The third kappa shape index (κ3) is 7.40. The van der Waals surface area contributed by atoms with E-state index in [2.05, 4.69) is 5.32 Å². The van der Waals surface area contributed by atoms with Crippen molar-refractivity contribution in [1.82, 2.24) is 5.32 Å². The molecule has 1 aliphatic heterocycles. The van der Waals surface area contributed by atoms with Crippen LogP contribution in [0.15, 0.2) is 41.5 Å². The van der Waals surface area contributed by atoms with Crippen molar-refractivity contribution in [3.8, 4) is 0 Å². The number of hydrogen-bond acceptors (Lipinski definition) is 12. The number of carbonyl (C=O) groups is 5. The third-order valence-corrected chi connectivity index (χ3v) is 13.1. The molecule has 3 fully saturated rings. The molecule has 55 heavy (non-hydrogen) atoms. The van der Waals surface area contributed by atoms with Gasteiger partial charge in [0.1, 0.15) is 29.6 Å². The second-order valence-corrected chi connectivity index (χ2v) is 17.9. The minimum Gasteiger partial charge on any atom is -0.460 e. The van der Waals surface area contributed by atoms with Crippen LogP contribution in [0.3, 0.4) is 0 Å². The van der Waals surface area contributed by atoms with Crippen LogP contribution < -0.4 is 5.32 Å². The number of ketones is 1. The number of fused-ring (bicyclic) bond motifs is 5. The number of rotatable bonds is 9. The Morgan fingerprint density at radius 2 is 1.60 bits per heavy atom. The molecule has 3 N–H and O–H groups in total. The molecule has 1 saturated heterocycles. The first-order valence-electron chi connectivity index (χ1n) is 18.5. The van der Waals surface area contributed by atoms with E-state index in [0.29, 0.717) is 11.1 Å². The second-order valence-electron chi connectivity index (χ2n) is 17.3. The first kappa shape index (κ1) is 42.9. The van der Waals surface area contributed by atoms with E-state index in [-0.39, 0.29) is 25.0 Å². The summed E-state index contributed by atoms with van der Waals surface area (Å²) in [4.78, 5) is 68.1. The first-order valence-corrected chi connectivity index (χ1v) is 19.6. The van der Waals surface area contributed by atoms with E-state index in [1.165, 1.54) is 0 Å². The van der Waals surface area contributed by atoms with E-state index in [1.807, 2.05) is 13.8 Å². The predicted octanol–water partition coefficient (Wildman–Crippen LogP) is 4.95. The number of aliphatic hydroxyl groups is 2. The number of amides is 1. The van der Waals surface area contributed by atoms with Crippen LogP contribution in [0, 0.1) is 28.1 Å². The van der Waals surface area contributed by atoms with Crippen molar-refractivity contribution in [2.24, 2.45) is 28.1 Å². The van der Waals surface area contributed by atoms with Gasteiger partial charge in [-0.05, 0) is 63.2 Å². The summed E-state index contributed by atoms with van der Waals surface area (Å²) in [6.07, 6.45) is -7.23. The summed E-state index contributed by atoms with van der Waals surface area (Å²) in [6, 6.07) is 7.03. The molecule has 1 heterocycles. The summed E-state index contributed by atoms with van der Waals surface area (Å²) >= 11 is 11.8. The van der Waals surface area contributed by atoms with Crippen LogP contribution in [0.1, 0.15) is 86.8 Å². The highest BCUT2D eigenvalue weighted by atomic mass is 35.5. The molecule has 1 aromatic rings. The predicted molar refractivity (Wildman–Crippen MR) is 200 cm³/mol. The number of Topliss-reactive ketones (excluding diaryl/α,β-unsaturated/α-hetero) is 1. The summed E-state index contributed by atoms with van der Waals surface area (Å²) in [6.45, 7) is 15.8. The van der Waals surface area contributed by atoms with Crippen molar-refractivity contribution in [1.29, 1.82) is 0 Å². The number of hydrogen-bond donors (Lipinski definition) is 3. The van der Waals surface area contributed by atoms with Crippen molar-refractivity contribution in [2.45, 2.75) is 123 Å². The molecular formula is C40H53Cl2NO12. The van der Waals surface area contributed by atoms with Gasteiger partial charge in [0.2, 0.25) is 0 Å². The number of carbonyl (C=O) groups excluding carboxylic acids is 5. The highest BCUT2D eigenvalue weighted by Gasteiger charge is 2.74. The molecule has 13 nitrogen and oxygen atoms in total. The lowest BCUT2D eigenvalue weighted by molar-refractivity contribution is -0.303. The van der Waals surface area contributed by atoms with Crippen molar-refractivity contribution < 1.29 is 57.9 Å². The van der Waals surface area contributed by atoms with E-state index in [0.717, 1.165) is 0 Å². The average Bonchev–Trinajstić information content (AvgIpc) is 3.11. The van der Waals surface area contributed by atoms with E-state index < -0.39 is 117 Å². The number of alkyl halides is 2. The zero-order valence-corrected chi connectivity index (χ0v) is 34.3. The molecule has 2 bridgehead atoms. The topological polar surface area (TPSA) is 184 Å². The van der Waals surface area contributed by atoms with E-state index in [1.54, 1.807) is 78.8 Å². The fourth-order valence-electron chi connectivity index (χ4n) is 9.94. The maximum Gasteiger partial charge on any atom is 0.408 e. The number of ether oxygens (including phenoxy) is 5. The summed E-state index contributed by atoms with van der Waals surface area (Å²) in [5.41, 5.74) is -5.28. The minimum atomic E-state index is -1.95. The Hall–Kier alpha value is -3.23. The van der Waals surface area contributed by atoms with Gasteiger partial charge in [0.15, 0.2) is 18.0 Å². The molecule has 5 rings (SSSR count). The molecule has 0 spiro atoms. The fourth-order valence-corrected chi connectivity index (χ4v) is 10.1. The van der Waals surface area contributed by atoms with Crippen molar-refractivity contribution >= 4 is 53.0 Å². The lowest BCUT2D eigenvalue weighted by Crippen LogP contribution is -2.75. The zero-order valence-electron chi connectivity index (χ0n) is 32.8. The van der Waals surface area contributed by atoms with Gasteiger partial charge < -0.3 is 39.2 Å². The molecule has 0 radical (unpaired) electrons. The molecule has 15 heteroatoms. The number of alkyl carbamates (subject to hydrolysis) is 1. The number of esters is 3. The molecule has 2 saturated carbocycles. The zero-order chi connectivity index (χ0) is 41.1. The Balaban J connectivity index is 1.63. The first-order chi connectivity index (χ1) is 25.5. The Morgan fingerprint density at radius 1 is 1.00 bits per heavy atom. The molecule has 11 atom stereocenters. The van der Waals surface area contributed by atoms with E-state index in [9.17, 15) is 29.4 Å². The van der Waals surface area contributed by atoms with Gasteiger partial charge in [0.05, 0.1) is 29.8 Å². The van der Waals surface area contributed by atoms with Crippen molar-refractivity contribution in [2.75, 3.05) is 18.4 Å². The number of halogens is 2. The van der Waals surface area contributed by atoms with Gasteiger partial charge in [-0.2, -0.15) is 0 Å². The van der Waals surface area contributed by atoms with Crippen LogP contribution in [-0.4, -0.2) is 100 Å². The van der Waals surface area contributed by atoms with Crippen LogP contribution in [0.5, 0.6) is 0 Å². The van der Waals surface area contributed by atoms with Crippen molar-refractivity contribution in [3.05, 3.63) is 47.0 Å². The van der Waals surface area contributed by atoms with Gasteiger partial charge >= 0.3 is 24.0 Å². The van der Waals surface area contributed by atoms with Crippen LogP contribution in [0.25, 0.3) is 0 Å². The maximum atomic E-state index is 15.4. The number of aliphatic hydroxyl groups excluding tert-OH is 1. The fraction of sp³-hybridized carbons (Fsp3) is 0.675. The van der Waals surface area contributed by atoms with Crippen LogP contribution in [-0.2, 0) is 42.9 Å². The Bertz CT molecular complexity index is 1730. The monoisotopic (exact) mass is 809 g/mol. The van der Waals surface area contributed by atoms with Gasteiger partial charge in [-0.1, -0.05) is 58.0 Å². The molecule has 3 aliphatic carbocycles. The summed E-state index contributed by atoms with van der Waals surface area (Å²) in [7, 11) is 0. The number of nitrogens with one attached hydrogen (secondary N) is 1. The molecule has 1 amide bonds. The van der Waals surface area contributed by atoms with Crippen LogP contribution in [0.2, 0.25) is 0 Å². The average molecular weight is 811 g/mol. The Labute approximate surface area is 331 Å². The minimum absolute atomic E-state index is 0.165. The Morgan fingerprint density at radius 3 is 2.15 bits per heavy atom. The maximum absolute atomic E-state index is 15.4. The highest BCUT2D eigenvalue weighted by molar-refractivity contribution is 6.26. The molecule has 1 unspecified atom stereocenters. The van der Waals surface area contributed by atoms with E-state index in [4.69, 9.17) is 46.9 Å². The quantitative estimate of drug-likeness (QED) is 0.132. The molecular weight excluding hydrogens is 757 g/mol. The second kappa shape index (κ2) is 15.3. The van der Waals surface area contributed by atoms with Gasteiger partial charge in [-0.15, -0.1) is 23.2 Å². The highest BCUT2D eigenvalue weighted by Crippen LogP contribution is 2.67. The van der Waals surface area contributed by atoms with Gasteiger partial charge in [-0.3, -0.25) is 14.4 Å². The lowest BCUT2D eigenvalue weighted by Gasteiger charge is -2.68. The molecule has 0 aromatic heterocycles. The van der Waals surface area contributed by atoms with Gasteiger partial charge in [0, 0.05) is 23.7 Å². The van der Waals surface area contributed by atoms with Crippen LogP contribution in [0.4, 0.5) is 4.79 Å². The van der Waals surface area contributed by atoms with E-state index >= 15 is 4.79 Å². The summed E-state index contributed by atoms with van der Waals surface area (Å²) in [5.74, 6) is -5.91. The SMILES string of the molecule is CC1=C2[C@@H](OC(=O)CCl)C(=O)[C@@]3(C)C([C@H](C)[C@](O)(C[C@@H]1OC(=O)[C@H](O)[C@@H](NC(=O)OC(C)(C)C)c1ccccc1)C2(C)C)[C@]1(C)CO[C@@H]1C[C@@H]3OC(=O)CCl. The largest absolute Gasteiger partial charge is 0.460 e. The number of benzene rings is 1. The normalized spacial score (nSPS) is 35.0. The summed E-state index contributed by atoms with van der Waals surface area (Å²) < 4.78 is 29.2.